The predicted molar refractivity (Wildman–Crippen MR) is 119 cm³/mol. The Morgan fingerprint density at radius 3 is 2.39 bits per heavy atom. The van der Waals surface area contributed by atoms with Crippen molar-refractivity contribution in [3.05, 3.63) is 95.6 Å². The highest BCUT2D eigenvalue weighted by Crippen LogP contribution is 2.48. The molecule has 0 aromatic heterocycles. The lowest BCUT2D eigenvalue weighted by molar-refractivity contribution is -0.0241. The number of urea groups is 1. The molecule has 2 aliphatic heterocycles. The van der Waals surface area contributed by atoms with Crippen molar-refractivity contribution in [3.8, 4) is 0 Å². The van der Waals surface area contributed by atoms with Gasteiger partial charge in [0.25, 0.3) is 5.91 Å². The molecule has 3 amide bonds. The van der Waals surface area contributed by atoms with E-state index in [0.29, 0.717) is 11.3 Å². The maximum Gasteiger partial charge on any atom is 0.326 e. The van der Waals surface area contributed by atoms with Crippen LogP contribution in [0.25, 0.3) is 0 Å². The van der Waals surface area contributed by atoms with Crippen molar-refractivity contribution in [2.45, 2.75) is 18.0 Å². The number of hydrogen-bond acceptors (Lipinski definition) is 3. The van der Waals surface area contributed by atoms with Crippen molar-refractivity contribution in [2.75, 3.05) is 23.4 Å². The Kier molecular flexibility index (Phi) is 5.30. The van der Waals surface area contributed by atoms with Crippen LogP contribution in [0.4, 0.5) is 25.0 Å². The van der Waals surface area contributed by atoms with Gasteiger partial charge in [0, 0.05) is 23.7 Å². The smallest absolute Gasteiger partial charge is 0.326 e. The van der Waals surface area contributed by atoms with E-state index in [1.165, 1.54) is 47.4 Å². The molecule has 0 bridgehead atoms. The third kappa shape index (κ3) is 3.52. The summed E-state index contributed by atoms with van der Waals surface area (Å²) in [5.74, 6) is -1.50. The molecule has 8 heteroatoms. The number of halogens is 2. The number of nitrogens with zero attached hydrogens (tertiary/aromatic N) is 2. The van der Waals surface area contributed by atoms with E-state index in [1.54, 1.807) is 23.1 Å². The van der Waals surface area contributed by atoms with Crippen molar-refractivity contribution in [1.29, 1.82) is 0 Å². The van der Waals surface area contributed by atoms with E-state index < -0.39 is 23.7 Å². The number of nitrogens with one attached hydrogen (secondary N) is 1. The lowest BCUT2D eigenvalue weighted by atomic mass is 9.71. The summed E-state index contributed by atoms with van der Waals surface area (Å²) in [6.45, 7) is -0.0741. The van der Waals surface area contributed by atoms with E-state index in [9.17, 15) is 23.5 Å². The molecule has 0 radical (unpaired) electrons. The van der Waals surface area contributed by atoms with Crippen molar-refractivity contribution in [3.63, 3.8) is 0 Å². The number of amides is 3. The van der Waals surface area contributed by atoms with Crippen LogP contribution in [-0.2, 0) is 0 Å². The van der Waals surface area contributed by atoms with Crippen molar-refractivity contribution < 1.29 is 23.5 Å². The van der Waals surface area contributed by atoms with Gasteiger partial charge in [0.05, 0.1) is 24.4 Å². The average Bonchev–Trinajstić information content (AvgIpc) is 2.81. The summed E-state index contributed by atoms with van der Waals surface area (Å²) >= 11 is 0. The van der Waals surface area contributed by atoms with Gasteiger partial charge in [0.1, 0.15) is 11.6 Å². The molecule has 1 fully saturated rings. The van der Waals surface area contributed by atoms with Gasteiger partial charge in [-0.15, -0.1) is 0 Å². The molecule has 5 rings (SSSR count). The molecule has 0 aliphatic carbocycles. The molecule has 2 N–H and O–H groups in total. The van der Waals surface area contributed by atoms with Gasteiger partial charge in [0.2, 0.25) is 0 Å². The van der Waals surface area contributed by atoms with E-state index in [2.05, 4.69) is 5.32 Å². The molecular formula is C25H21F2N3O3. The van der Waals surface area contributed by atoms with Gasteiger partial charge in [-0.3, -0.25) is 9.69 Å². The summed E-state index contributed by atoms with van der Waals surface area (Å²) in [6, 6.07) is 17.1. The molecule has 0 unspecified atom stereocenters. The van der Waals surface area contributed by atoms with E-state index in [1.807, 2.05) is 12.1 Å². The minimum Gasteiger partial charge on any atom is -0.394 e. The molecule has 33 heavy (non-hydrogen) atoms. The zero-order valence-electron chi connectivity index (χ0n) is 17.5. The number of carbonyl (C=O) groups excluding carboxylic acids is 2. The first kappa shape index (κ1) is 21.1. The molecule has 2 aliphatic rings. The van der Waals surface area contributed by atoms with E-state index >= 15 is 0 Å². The standard InChI is InChI=1S/C25H21F2N3O3/c26-16-11-9-15(10-12-16)24(32)30-21-13-29(25(33)28-19-7-3-2-6-18(19)27)20-8-4-1-5-17(20)23(21)22(30)14-31/h1-12,21-23,31H,13-14H2,(H,28,33)/t21-,22-,23+/m1/s1. The van der Waals surface area contributed by atoms with Crippen molar-refractivity contribution in [1.82, 2.24) is 4.90 Å². The number of para-hydroxylation sites is 2. The van der Waals surface area contributed by atoms with Gasteiger partial charge in [-0.2, -0.15) is 0 Å². The van der Waals surface area contributed by atoms with Crippen LogP contribution < -0.4 is 10.2 Å². The first-order valence-corrected chi connectivity index (χ1v) is 10.6. The Bertz CT molecular complexity index is 1220. The fourth-order valence-electron chi connectivity index (χ4n) is 4.85. The Hall–Kier alpha value is -3.78. The summed E-state index contributed by atoms with van der Waals surface area (Å²) in [7, 11) is 0. The molecule has 2 heterocycles. The number of rotatable bonds is 3. The SMILES string of the molecule is O=C(Nc1ccccc1F)N1C[C@@H]2[C@H](c3ccccc31)[C@@H](CO)N2C(=O)c1ccc(F)cc1. The lowest BCUT2D eigenvalue weighted by Crippen LogP contribution is -2.71. The second kappa shape index (κ2) is 8.29. The summed E-state index contributed by atoms with van der Waals surface area (Å²) < 4.78 is 27.4. The minimum absolute atomic E-state index is 0.0585. The van der Waals surface area contributed by atoms with Crippen LogP contribution in [0.5, 0.6) is 0 Å². The van der Waals surface area contributed by atoms with Crippen LogP contribution in [0, 0.1) is 11.6 Å². The van der Waals surface area contributed by atoms with Crippen LogP contribution in [0.1, 0.15) is 21.8 Å². The van der Waals surface area contributed by atoms with E-state index in [-0.39, 0.29) is 36.7 Å². The number of aliphatic hydroxyl groups is 1. The molecular weight excluding hydrogens is 428 g/mol. The summed E-state index contributed by atoms with van der Waals surface area (Å²) in [5.41, 5.74) is 1.84. The van der Waals surface area contributed by atoms with Gasteiger partial charge in [-0.25, -0.2) is 13.6 Å². The van der Waals surface area contributed by atoms with E-state index in [0.717, 1.165) is 5.56 Å². The molecule has 3 aromatic carbocycles. The fourth-order valence-corrected chi connectivity index (χ4v) is 4.85. The normalized spacial score (nSPS) is 21.0. The van der Waals surface area contributed by atoms with Crippen molar-refractivity contribution in [2.24, 2.45) is 0 Å². The third-order valence-electron chi connectivity index (χ3n) is 6.37. The molecule has 0 spiro atoms. The Balaban J connectivity index is 1.47. The summed E-state index contributed by atoms with van der Waals surface area (Å²) in [4.78, 5) is 29.4. The van der Waals surface area contributed by atoms with Crippen LogP contribution in [0.15, 0.2) is 72.8 Å². The van der Waals surface area contributed by atoms with Gasteiger partial charge in [-0.05, 0) is 48.0 Å². The molecule has 3 aromatic rings. The second-order valence-electron chi connectivity index (χ2n) is 8.14. The lowest BCUT2D eigenvalue weighted by Gasteiger charge is -2.58. The first-order chi connectivity index (χ1) is 16.0. The molecule has 1 saturated heterocycles. The first-order valence-electron chi connectivity index (χ1n) is 10.6. The quantitative estimate of drug-likeness (QED) is 0.635. The van der Waals surface area contributed by atoms with E-state index in [4.69, 9.17) is 0 Å². The highest BCUT2D eigenvalue weighted by atomic mass is 19.1. The zero-order valence-corrected chi connectivity index (χ0v) is 17.5. The molecule has 168 valence electrons. The number of carbonyl (C=O) groups is 2. The average molecular weight is 449 g/mol. The molecule has 0 saturated carbocycles. The zero-order chi connectivity index (χ0) is 23.1. The van der Waals surface area contributed by atoms with Gasteiger partial charge < -0.3 is 15.3 Å². The number of benzene rings is 3. The monoisotopic (exact) mass is 449 g/mol. The predicted octanol–water partition coefficient (Wildman–Crippen LogP) is 3.99. The number of fused-ring (bicyclic) bond motifs is 3. The number of aliphatic hydroxyl groups excluding tert-OH is 1. The highest BCUT2D eigenvalue weighted by molar-refractivity contribution is 6.03. The largest absolute Gasteiger partial charge is 0.394 e. The fraction of sp³-hybridized carbons (Fsp3) is 0.200. The maximum absolute atomic E-state index is 14.1. The van der Waals surface area contributed by atoms with Crippen molar-refractivity contribution >= 4 is 23.3 Å². The highest BCUT2D eigenvalue weighted by Gasteiger charge is 2.55. The second-order valence-corrected chi connectivity index (χ2v) is 8.14. The third-order valence-corrected chi connectivity index (χ3v) is 6.37. The maximum atomic E-state index is 14.1. The van der Waals surface area contributed by atoms with Crippen LogP contribution in [-0.4, -0.2) is 47.2 Å². The summed E-state index contributed by atoms with van der Waals surface area (Å²) in [6.07, 6.45) is 0. The van der Waals surface area contributed by atoms with Gasteiger partial charge in [-0.1, -0.05) is 30.3 Å². The Morgan fingerprint density at radius 1 is 0.970 bits per heavy atom. The topological polar surface area (TPSA) is 72.9 Å². The number of anilines is 2. The minimum atomic E-state index is -0.550. The molecule has 3 atom stereocenters. The van der Waals surface area contributed by atoms with Gasteiger partial charge >= 0.3 is 6.03 Å². The van der Waals surface area contributed by atoms with Gasteiger partial charge in [0.15, 0.2) is 0 Å². The van der Waals surface area contributed by atoms with Crippen LogP contribution in [0.3, 0.4) is 0 Å². The Labute approximate surface area is 189 Å². The molecule has 6 nitrogen and oxygen atoms in total. The van der Waals surface area contributed by atoms with Crippen LogP contribution >= 0.6 is 0 Å². The Morgan fingerprint density at radius 2 is 1.67 bits per heavy atom. The van der Waals surface area contributed by atoms with Crippen LogP contribution in [0.2, 0.25) is 0 Å². The number of likely N-dealkylation sites (tertiary alicyclic amines) is 1. The number of hydrogen-bond donors (Lipinski definition) is 2. The summed E-state index contributed by atoms with van der Waals surface area (Å²) in [5, 5.41) is 12.7.